The van der Waals surface area contributed by atoms with Crippen LogP contribution >= 0.6 is 0 Å². The van der Waals surface area contributed by atoms with Gasteiger partial charge in [-0.1, -0.05) is 30.3 Å². The normalized spacial score (nSPS) is 12.4. The molecule has 1 atom stereocenters. The lowest BCUT2D eigenvalue weighted by atomic mass is 10.1. The minimum atomic E-state index is -1.32. The van der Waals surface area contributed by atoms with Crippen LogP contribution in [-0.4, -0.2) is 20.6 Å². The van der Waals surface area contributed by atoms with Gasteiger partial charge >= 0.3 is 5.97 Å². The average molecular weight is 234 g/mol. The Kier molecular flexibility index (Phi) is 2.91. The summed E-state index contributed by atoms with van der Waals surface area (Å²) >= 11 is 0. The molecule has 1 aromatic carbocycles. The number of imidazole rings is 1. The molecule has 2 aromatic rings. The molecule has 1 heterocycles. The molecule has 0 saturated carbocycles. The zero-order chi connectivity index (χ0) is 12.4. The highest BCUT2D eigenvalue weighted by molar-refractivity contribution is 5.85. The topological polar surface area (TPSA) is 55.1 Å². The van der Waals surface area contributed by atoms with E-state index in [1.165, 1.54) is 10.9 Å². The van der Waals surface area contributed by atoms with E-state index >= 15 is 0 Å². The minimum Gasteiger partial charge on any atom is -0.476 e. The number of aromatic carboxylic acids is 1. The smallest absolute Gasteiger partial charge is 0.357 e. The van der Waals surface area contributed by atoms with Crippen molar-refractivity contribution in [3.8, 4) is 0 Å². The van der Waals surface area contributed by atoms with Crippen LogP contribution in [0.15, 0.2) is 36.7 Å². The predicted molar refractivity (Wildman–Crippen MR) is 59.4 cm³/mol. The molecule has 4 nitrogen and oxygen atoms in total. The number of benzene rings is 1. The third-order valence-electron chi connectivity index (χ3n) is 2.65. The Morgan fingerprint density at radius 1 is 1.41 bits per heavy atom. The van der Waals surface area contributed by atoms with Gasteiger partial charge in [0.05, 0.1) is 12.4 Å². The Morgan fingerprint density at radius 2 is 2.06 bits per heavy atom. The van der Waals surface area contributed by atoms with E-state index < -0.39 is 17.6 Å². The number of carbonyl (C=O) groups is 1. The van der Waals surface area contributed by atoms with Crippen LogP contribution in [0.3, 0.4) is 0 Å². The lowest BCUT2D eigenvalue weighted by Gasteiger charge is -2.15. The van der Waals surface area contributed by atoms with Gasteiger partial charge in [0.1, 0.15) is 0 Å². The minimum absolute atomic E-state index is 0.278. The molecular weight excluding hydrogens is 223 g/mol. The lowest BCUT2D eigenvalue weighted by molar-refractivity contribution is 0.0678. The predicted octanol–water partition coefficient (Wildman–Crippen LogP) is 2.33. The van der Waals surface area contributed by atoms with Gasteiger partial charge in [0.2, 0.25) is 5.95 Å². The summed E-state index contributed by atoms with van der Waals surface area (Å²) < 4.78 is 14.5. The number of aromatic nitrogens is 2. The molecule has 0 spiro atoms. The fourth-order valence-electron chi connectivity index (χ4n) is 1.72. The Hall–Kier alpha value is -2.17. The molecule has 0 saturated heterocycles. The van der Waals surface area contributed by atoms with Crippen molar-refractivity contribution in [2.24, 2.45) is 0 Å². The van der Waals surface area contributed by atoms with Gasteiger partial charge in [0.25, 0.3) is 0 Å². The van der Waals surface area contributed by atoms with Gasteiger partial charge in [-0.15, -0.1) is 0 Å². The Balaban J connectivity index is 2.45. The summed E-state index contributed by atoms with van der Waals surface area (Å²) in [6.07, 6.45) is 1.20. The third kappa shape index (κ3) is 2.04. The number of halogens is 1. The highest BCUT2D eigenvalue weighted by atomic mass is 19.1. The number of nitrogens with zero attached hydrogens (tertiary/aromatic N) is 2. The molecule has 88 valence electrons. The number of rotatable bonds is 3. The van der Waals surface area contributed by atoms with Gasteiger partial charge in [-0.2, -0.15) is 4.39 Å². The molecule has 0 aliphatic heterocycles. The molecule has 2 rings (SSSR count). The Labute approximate surface area is 97.3 Å². The van der Waals surface area contributed by atoms with Gasteiger partial charge < -0.3 is 9.67 Å². The van der Waals surface area contributed by atoms with Crippen LogP contribution in [0, 0.1) is 5.95 Å². The van der Waals surface area contributed by atoms with Crippen LogP contribution in [0.4, 0.5) is 4.39 Å². The highest BCUT2D eigenvalue weighted by Gasteiger charge is 2.21. The second-order valence-corrected chi connectivity index (χ2v) is 3.68. The Bertz CT molecular complexity index is 537. The molecule has 0 unspecified atom stereocenters. The van der Waals surface area contributed by atoms with E-state index in [9.17, 15) is 9.18 Å². The highest BCUT2D eigenvalue weighted by Crippen LogP contribution is 2.20. The maximum Gasteiger partial charge on any atom is 0.357 e. The summed E-state index contributed by atoms with van der Waals surface area (Å²) in [6, 6.07) is 8.99. The van der Waals surface area contributed by atoms with E-state index in [4.69, 9.17) is 5.11 Å². The fourth-order valence-corrected chi connectivity index (χ4v) is 1.72. The monoisotopic (exact) mass is 234 g/mol. The van der Waals surface area contributed by atoms with Gasteiger partial charge in [-0.25, -0.2) is 9.78 Å². The second kappa shape index (κ2) is 4.37. The van der Waals surface area contributed by atoms with Crippen LogP contribution < -0.4 is 0 Å². The van der Waals surface area contributed by atoms with E-state index in [1.807, 2.05) is 30.3 Å². The summed E-state index contributed by atoms with van der Waals surface area (Å²) in [7, 11) is 0. The first-order valence-corrected chi connectivity index (χ1v) is 5.12. The first-order chi connectivity index (χ1) is 8.11. The number of carboxylic acid groups (broad SMARTS) is 1. The van der Waals surface area contributed by atoms with Crippen LogP contribution in [0.1, 0.15) is 29.0 Å². The fraction of sp³-hybridized carbons (Fsp3) is 0.167. The molecule has 0 fully saturated rings. The zero-order valence-corrected chi connectivity index (χ0v) is 9.17. The summed E-state index contributed by atoms with van der Waals surface area (Å²) in [5, 5.41) is 8.93. The van der Waals surface area contributed by atoms with Crippen molar-refractivity contribution < 1.29 is 14.3 Å². The van der Waals surface area contributed by atoms with Crippen LogP contribution in [0.25, 0.3) is 0 Å². The van der Waals surface area contributed by atoms with Gasteiger partial charge in [-0.3, -0.25) is 0 Å². The van der Waals surface area contributed by atoms with Gasteiger partial charge in [-0.05, 0) is 12.5 Å². The first-order valence-electron chi connectivity index (χ1n) is 5.12. The van der Waals surface area contributed by atoms with Crippen molar-refractivity contribution >= 4 is 5.97 Å². The summed E-state index contributed by atoms with van der Waals surface area (Å²) in [6.45, 7) is 1.79. The van der Waals surface area contributed by atoms with E-state index in [0.717, 1.165) is 5.56 Å². The van der Waals surface area contributed by atoms with Crippen molar-refractivity contribution in [3.63, 3.8) is 0 Å². The van der Waals surface area contributed by atoms with E-state index in [1.54, 1.807) is 6.92 Å². The van der Waals surface area contributed by atoms with E-state index in [2.05, 4.69) is 4.98 Å². The maximum atomic E-state index is 13.2. The largest absolute Gasteiger partial charge is 0.476 e. The maximum absolute atomic E-state index is 13.2. The third-order valence-corrected chi connectivity index (χ3v) is 2.65. The SMILES string of the molecule is C[C@@H](c1ccccc1)n1cnc(F)c1C(=O)O. The number of hydrogen-bond acceptors (Lipinski definition) is 2. The van der Waals surface area contributed by atoms with E-state index in [-0.39, 0.29) is 6.04 Å². The first kappa shape index (κ1) is 11.3. The second-order valence-electron chi connectivity index (χ2n) is 3.68. The van der Waals surface area contributed by atoms with Crippen molar-refractivity contribution in [2.75, 3.05) is 0 Å². The summed E-state index contributed by atoms with van der Waals surface area (Å²) in [5.74, 6) is -2.27. The van der Waals surface area contributed by atoms with Crippen LogP contribution in [0.2, 0.25) is 0 Å². The Morgan fingerprint density at radius 3 is 2.65 bits per heavy atom. The molecular formula is C12H11FN2O2. The van der Waals surface area contributed by atoms with Gasteiger partial charge in [0.15, 0.2) is 5.69 Å². The van der Waals surface area contributed by atoms with Crippen LogP contribution in [0.5, 0.6) is 0 Å². The molecule has 5 heteroatoms. The van der Waals surface area contributed by atoms with E-state index in [0.29, 0.717) is 0 Å². The number of hydrogen-bond donors (Lipinski definition) is 1. The molecule has 0 radical (unpaired) electrons. The molecule has 1 aromatic heterocycles. The molecule has 0 bridgehead atoms. The lowest BCUT2D eigenvalue weighted by Crippen LogP contribution is -2.14. The summed E-state index contributed by atoms with van der Waals surface area (Å²) in [4.78, 5) is 14.3. The summed E-state index contributed by atoms with van der Waals surface area (Å²) in [5.41, 5.74) is 0.480. The molecule has 0 aliphatic rings. The zero-order valence-electron chi connectivity index (χ0n) is 9.17. The molecule has 17 heavy (non-hydrogen) atoms. The molecule has 1 N–H and O–H groups in total. The number of carboxylic acids is 1. The molecule has 0 amide bonds. The standard InChI is InChI=1S/C12H11FN2O2/c1-8(9-5-3-2-4-6-9)15-7-14-11(13)10(15)12(16)17/h2-8H,1H3,(H,16,17)/t8-/m0/s1. The van der Waals surface area contributed by atoms with Gasteiger partial charge in [0, 0.05) is 0 Å². The van der Waals surface area contributed by atoms with Crippen molar-refractivity contribution in [2.45, 2.75) is 13.0 Å². The molecule has 0 aliphatic carbocycles. The van der Waals surface area contributed by atoms with Crippen molar-refractivity contribution in [1.29, 1.82) is 0 Å². The average Bonchev–Trinajstić information content (AvgIpc) is 2.71. The quantitative estimate of drug-likeness (QED) is 0.886. The van der Waals surface area contributed by atoms with Crippen molar-refractivity contribution in [3.05, 3.63) is 53.9 Å². The van der Waals surface area contributed by atoms with Crippen molar-refractivity contribution in [1.82, 2.24) is 9.55 Å². The van der Waals surface area contributed by atoms with Crippen LogP contribution in [-0.2, 0) is 0 Å².